The van der Waals surface area contributed by atoms with Gasteiger partial charge in [-0.05, 0) is 27.2 Å². The van der Waals surface area contributed by atoms with Gasteiger partial charge >= 0.3 is 21.0 Å². The van der Waals surface area contributed by atoms with E-state index in [1.165, 1.54) is 0 Å². The fourth-order valence-electron chi connectivity index (χ4n) is 0.393. The van der Waals surface area contributed by atoms with Gasteiger partial charge in [0, 0.05) is 0 Å². The van der Waals surface area contributed by atoms with E-state index in [2.05, 4.69) is 24.3 Å². The van der Waals surface area contributed by atoms with Crippen LogP contribution in [-0.4, -0.2) is 10.7 Å². The summed E-state index contributed by atoms with van der Waals surface area (Å²) in [7, 11) is 0. The van der Waals surface area contributed by atoms with Crippen LogP contribution in [0.1, 0.15) is 27.2 Å². The number of allylic oxidation sites excluding steroid dienone is 4. The van der Waals surface area contributed by atoms with Crippen LogP contribution < -0.4 is 0 Å². The first kappa shape index (κ1) is 18.8. The average molecular weight is 244 g/mol. The summed E-state index contributed by atoms with van der Waals surface area (Å²) >= 11 is 1.06. The predicted molar refractivity (Wildman–Crippen MR) is 52.8 cm³/mol. The summed E-state index contributed by atoms with van der Waals surface area (Å²) in [6, 6.07) is 0. The molecule has 13 heavy (non-hydrogen) atoms. The number of rotatable bonds is 0. The van der Waals surface area contributed by atoms with Gasteiger partial charge in [-0.2, -0.15) is 0 Å². The van der Waals surface area contributed by atoms with Crippen molar-refractivity contribution in [3.63, 3.8) is 0 Å². The Kier molecular flexibility index (Phi) is 17.5. The summed E-state index contributed by atoms with van der Waals surface area (Å²) < 4.78 is 8.19. The summed E-state index contributed by atoms with van der Waals surface area (Å²) in [5, 5.41) is 8.52. The summed E-state index contributed by atoms with van der Waals surface area (Å²) in [6.07, 6.45) is 9.50. The molecule has 77 valence electrons. The molecule has 0 unspecified atom stereocenters. The molecule has 0 spiro atoms. The van der Waals surface area contributed by atoms with Crippen molar-refractivity contribution in [2.45, 2.75) is 32.8 Å². The van der Waals surface area contributed by atoms with Crippen molar-refractivity contribution >= 4 is 12.4 Å². The van der Waals surface area contributed by atoms with Gasteiger partial charge in [-0.3, -0.25) is 0 Å². The molecule has 0 bridgehead atoms. The molecule has 0 radical (unpaired) electrons. The Labute approximate surface area is 95.7 Å². The van der Waals surface area contributed by atoms with E-state index in [1.807, 2.05) is 0 Å². The molecule has 0 aromatic rings. The van der Waals surface area contributed by atoms with Gasteiger partial charge in [0.1, 0.15) is 0 Å². The summed E-state index contributed by atoms with van der Waals surface area (Å²) in [5.74, 6) is 0. The van der Waals surface area contributed by atoms with Crippen molar-refractivity contribution in [1.29, 1.82) is 0 Å². The van der Waals surface area contributed by atoms with Gasteiger partial charge in [-0.1, -0.05) is 24.3 Å². The Morgan fingerprint density at radius 2 is 1.38 bits per heavy atom. The first-order valence-corrected chi connectivity index (χ1v) is 4.29. The second kappa shape index (κ2) is 12.1. The van der Waals surface area contributed by atoms with Crippen LogP contribution in [0.3, 0.4) is 0 Å². The molecular weight excluding hydrogens is 226 g/mol. The number of hydrogen-bond donors (Lipinski definition) is 1. The molecule has 0 saturated heterocycles. The normalized spacial score (nSPS) is 11.6. The third-order valence-corrected chi connectivity index (χ3v) is 0.655. The molecule has 2 nitrogen and oxygen atoms in total. The van der Waals surface area contributed by atoms with Crippen LogP contribution in [0.25, 0.3) is 0 Å². The average Bonchev–Trinajstić information content (AvgIpc) is 2.41. The summed E-state index contributed by atoms with van der Waals surface area (Å²) in [6.45, 7) is 5.23. The van der Waals surface area contributed by atoms with E-state index in [1.54, 1.807) is 20.8 Å². The van der Waals surface area contributed by atoms with E-state index >= 15 is 0 Å². The van der Waals surface area contributed by atoms with Crippen molar-refractivity contribution in [3.05, 3.63) is 24.3 Å². The van der Waals surface area contributed by atoms with Crippen molar-refractivity contribution in [2.24, 2.45) is 0 Å². The van der Waals surface area contributed by atoms with Crippen LogP contribution in [0.4, 0.5) is 0 Å². The molecular formula is C9H17ClO2V. The van der Waals surface area contributed by atoms with Crippen molar-refractivity contribution in [3.8, 4) is 0 Å². The summed E-state index contributed by atoms with van der Waals surface area (Å²) in [5.41, 5.74) is -0.500. The van der Waals surface area contributed by atoms with Gasteiger partial charge in [0.2, 0.25) is 0 Å². The third-order valence-electron chi connectivity index (χ3n) is 0.655. The molecule has 0 aliphatic heterocycles. The molecule has 4 heteroatoms. The van der Waals surface area contributed by atoms with Gasteiger partial charge in [0.25, 0.3) is 0 Å². The Morgan fingerprint density at radius 3 is 1.46 bits per heavy atom. The van der Waals surface area contributed by atoms with Crippen LogP contribution in [-0.2, 0) is 21.0 Å². The second-order valence-electron chi connectivity index (χ2n) is 3.26. The van der Waals surface area contributed by atoms with Crippen LogP contribution in [0, 0.1) is 0 Å². The van der Waals surface area contributed by atoms with Gasteiger partial charge < -0.3 is 5.11 Å². The van der Waals surface area contributed by atoms with E-state index in [4.69, 9.17) is 8.78 Å². The zero-order chi connectivity index (χ0) is 10.0. The van der Waals surface area contributed by atoms with Crippen molar-refractivity contribution in [2.75, 3.05) is 0 Å². The summed E-state index contributed by atoms with van der Waals surface area (Å²) in [4.78, 5) is 0. The standard InChI is InChI=1S/C5H6.C4H10O.ClH.O.V/c1-2-4-5-3-1;1-4(2,3)5;;;/h1-4H,5H2;5H,1-3H3;1H;;. The molecule has 0 atom stereocenters. The van der Waals surface area contributed by atoms with Gasteiger partial charge in [-0.15, -0.1) is 12.4 Å². The Bertz CT molecular complexity index is 134. The van der Waals surface area contributed by atoms with Crippen LogP contribution in [0.15, 0.2) is 24.3 Å². The molecule has 0 amide bonds. The number of hydrogen-bond acceptors (Lipinski definition) is 2. The van der Waals surface area contributed by atoms with E-state index in [0.717, 1.165) is 23.8 Å². The Hall–Kier alpha value is 0.114. The number of halogens is 1. The van der Waals surface area contributed by atoms with Crippen LogP contribution in [0.2, 0.25) is 0 Å². The van der Waals surface area contributed by atoms with Crippen molar-refractivity contribution in [1.82, 2.24) is 0 Å². The monoisotopic (exact) mass is 243 g/mol. The fraction of sp³-hybridized carbons (Fsp3) is 0.556. The van der Waals surface area contributed by atoms with Gasteiger partial charge in [0.15, 0.2) is 0 Å². The molecule has 1 rings (SSSR count). The van der Waals surface area contributed by atoms with Gasteiger partial charge in [-0.25, -0.2) is 0 Å². The van der Waals surface area contributed by atoms with E-state index in [-0.39, 0.29) is 12.4 Å². The quantitative estimate of drug-likeness (QED) is 0.710. The maximum absolute atomic E-state index is 8.52. The second-order valence-corrected chi connectivity index (χ2v) is 3.26. The van der Waals surface area contributed by atoms with E-state index in [0.29, 0.717) is 0 Å². The molecule has 1 aliphatic carbocycles. The SMILES string of the molecule is C1=CCC=C1.CC(C)(C)O.Cl.[O]=[V]. The molecule has 0 heterocycles. The minimum absolute atomic E-state index is 0. The third kappa shape index (κ3) is 47.4. The molecule has 0 aromatic heterocycles. The zero-order valence-electron chi connectivity index (χ0n) is 8.23. The fourth-order valence-corrected chi connectivity index (χ4v) is 0.393. The Balaban J connectivity index is -0.000000122. The van der Waals surface area contributed by atoms with E-state index in [9.17, 15) is 0 Å². The van der Waals surface area contributed by atoms with Gasteiger partial charge in [0.05, 0.1) is 5.60 Å². The first-order chi connectivity index (χ1) is 5.50. The van der Waals surface area contributed by atoms with Crippen molar-refractivity contribution < 1.29 is 26.1 Å². The molecule has 1 N–H and O–H groups in total. The Morgan fingerprint density at radius 1 is 1.15 bits per heavy atom. The molecule has 0 aromatic carbocycles. The van der Waals surface area contributed by atoms with E-state index < -0.39 is 5.60 Å². The predicted octanol–water partition coefficient (Wildman–Crippen LogP) is 2.58. The topological polar surface area (TPSA) is 37.3 Å². The molecule has 1 aliphatic rings. The minimum atomic E-state index is -0.500. The van der Waals surface area contributed by atoms with Crippen LogP contribution in [0.5, 0.6) is 0 Å². The molecule has 0 fully saturated rings. The molecule has 0 saturated carbocycles. The number of aliphatic hydroxyl groups is 1. The van der Waals surface area contributed by atoms with Crippen LogP contribution >= 0.6 is 12.4 Å². The zero-order valence-corrected chi connectivity index (χ0v) is 10.4. The first-order valence-electron chi connectivity index (χ1n) is 3.72. The maximum atomic E-state index is 8.52.